The number of aryl methyl sites for hydroxylation is 1. The lowest BCUT2D eigenvalue weighted by Crippen LogP contribution is -2.39. The van der Waals surface area contributed by atoms with E-state index in [0.29, 0.717) is 5.92 Å². The van der Waals surface area contributed by atoms with Crippen LogP contribution >= 0.6 is 0 Å². The summed E-state index contributed by atoms with van der Waals surface area (Å²) in [4.78, 5) is 11.5. The van der Waals surface area contributed by atoms with Crippen molar-refractivity contribution in [3.8, 4) is 0 Å². The molecule has 0 aliphatic carbocycles. The molecule has 1 N–H and O–H groups in total. The van der Waals surface area contributed by atoms with Crippen molar-refractivity contribution >= 4 is 5.97 Å². The zero-order valence-corrected chi connectivity index (χ0v) is 10.4. The van der Waals surface area contributed by atoms with Gasteiger partial charge in [0, 0.05) is 13.1 Å². The van der Waals surface area contributed by atoms with Crippen LogP contribution in [0.1, 0.15) is 23.5 Å². The van der Waals surface area contributed by atoms with E-state index in [-0.39, 0.29) is 11.9 Å². The van der Waals surface area contributed by atoms with Crippen LogP contribution in [0.15, 0.2) is 24.3 Å². The van der Waals surface area contributed by atoms with Crippen molar-refractivity contribution in [2.75, 3.05) is 20.2 Å². The van der Waals surface area contributed by atoms with Crippen LogP contribution in [-0.4, -0.2) is 26.2 Å². The monoisotopic (exact) mass is 233 g/mol. The van der Waals surface area contributed by atoms with Gasteiger partial charge in [-0.25, -0.2) is 0 Å². The predicted molar refractivity (Wildman–Crippen MR) is 66.9 cm³/mol. The molecular formula is C14H19NO2. The van der Waals surface area contributed by atoms with Crippen molar-refractivity contribution in [1.29, 1.82) is 0 Å². The first kappa shape index (κ1) is 12.1. The molecule has 0 unspecified atom stereocenters. The molecule has 0 radical (unpaired) electrons. The minimum Gasteiger partial charge on any atom is -0.469 e. The fourth-order valence-electron chi connectivity index (χ4n) is 2.38. The van der Waals surface area contributed by atoms with Gasteiger partial charge in [0.25, 0.3) is 0 Å². The maximum Gasteiger partial charge on any atom is 0.309 e. The Balaban J connectivity index is 2.06. The SMILES string of the molecule is COC(=O)[C@H]1CNC[C@@H](c2ccc(C)cc2)C1. The van der Waals surface area contributed by atoms with Crippen LogP contribution in [0.4, 0.5) is 0 Å². The van der Waals surface area contributed by atoms with Crippen LogP contribution in [-0.2, 0) is 9.53 Å². The third kappa shape index (κ3) is 2.86. The van der Waals surface area contributed by atoms with Crippen LogP contribution in [0.5, 0.6) is 0 Å². The molecule has 1 saturated heterocycles. The highest BCUT2D eigenvalue weighted by molar-refractivity contribution is 5.72. The number of methoxy groups -OCH3 is 1. The second-order valence-electron chi connectivity index (χ2n) is 4.72. The van der Waals surface area contributed by atoms with Crippen LogP contribution in [0.25, 0.3) is 0 Å². The second kappa shape index (κ2) is 5.32. The third-order valence-corrected chi connectivity index (χ3v) is 3.43. The number of carbonyl (C=O) groups is 1. The van der Waals surface area contributed by atoms with Gasteiger partial charge in [0.05, 0.1) is 13.0 Å². The van der Waals surface area contributed by atoms with Gasteiger partial charge in [0.1, 0.15) is 0 Å². The van der Waals surface area contributed by atoms with Gasteiger partial charge in [-0.1, -0.05) is 29.8 Å². The average Bonchev–Trinajstić information content (AvgIpc) is 2.39. The summed E-state index contributed by atoms with van der Waals surface area (Å²) in [5.74, 6) is 0.294. The molecule has 0 aromatic heterocycles. The third-order valence-electron chi connectivity index (χ3n) is 3.43. The molecule has 0 bridgehead atoms. The van der Waals surface area contributed by atoms with Crippen molar-refractivity contribution in [1.82, 2.24) is 5.32 Å². The van der Waals surface area contributed by atoms with E-state index in [2.05, 4.69) is 36.5 Å². The Morgan fingerprint density at radius 1 is 1.29 bits per heavy atom. The fourth-order valence-corrected chi connectivity index (χ4v) is 2.38. The molecule has 1 aliphatic rings. The Hall–Kier alpha value is -1.35. The van der Waals surface area contributed by atoms with Crippen molar-refractivity contribution in [3.63, 3.8) is 0 Å². The summed E-state index contributed by atoms with van der Waals surface area (Å²) >= 11 is 0. The van der Waals surface area contributed by atoms with Crippen molar-refractivity contribution < 1.29 is 9.53 Å². The number of piperidine rings is 1. The Bertz CT molecular complexity index is 386. The molecule has 0 spiro atoms. The van der Waals surface area contributed by atoms with Gasteiger partial charge in [-0.2, -0.15) is 0 Å². The number of benzene rings is 1. The van der Waals surface area contributed by atoms with E-state index in [9.17, 15) is 4.79 Å². The summed E-state index contributed by atoms with van der Waals surface area (Å²) < 4.78 is 4.81. The van der Waals surface area contributed by atoms with E-state index in [1.165, 1.54) is 18.2 Å². The Morgan fingerprint density at radius 3 is 2.65 bits per heavy atom. The maximum absolute atomic E-state index is 11.5. The van der Waals surface area contributed by atoms with E-state index in [0.717, 1.165) is 19.5 Å². The highest BCUT2D eigenvalue weighted by Gasteiger charge is 2.28. The molecule has 3 nitrogen and oxygen atoms in total. The first-order valence-electron chi connectivity index (χ1n) is 6.06. The molecular weight excluding hydrogens is 214 g/mol. The minimum absolute atomic E-state index is 0.0138. The topological polar surface area (TPSA) is 38.3 Å². The molecule has 17 heavy (non-hydrogen) atoms. The molecule has 2 atom stereocenters. The van der Waals surface area contributed by atoms with Crippen LogP contribution in [0.2, 0.25) is 0 Å². The zero-order valence-electron chi connectivity index (χ0n) is 10.4. The molecule has 92 valence electrons. The molecule has 0 saturated carbocycles. The quantitative estimate of drug-likeness (QED) is 0.792. The Kier molecular flexibility index (Phi) is 3.79. The van der Waals surface area contributed by atoms with Crippen molar-refractivity contribution in [2.24, 2.45) is 5.92 Å². The van der Waals surface area contributed by atoms with E-state index < -0.39 is 0 Å². The van der Waals surface area contributed by atoms with Gasteiger partial charge in [-0.3, -0.25) is 4.79 Å². The largest absolute Gasteiger partial charge is 0.469 e. The average molecular weight is 233 g/mol. The summed E-state index contributed by atoms with van der Waals surface area (Å²) in [5, 5.41) is 3.31. The maximum atomic E-state index is 11.5. The van der Waals surface area contributed by atoms with Gasteiger partial charge in [0.15, 0.2) is 0 Å². The lowest BCUT2D eigenvalue weighted by Gasteiger charge is -2.28. The summed E-state index contributed by atoms with van der Waals surface area (Å²) in [6.45, 7) is 3.76. The van der Waals surface area contributed by atoms with Crippen LogP contribution in [0.3, 0.4) is 0 Å². The smallest absolute Gasteiger partial charge is 0.309 e. The molecule has 1 heterocycles. The number of esters is 1. The minimum atomic E-state index is -0.102. The van der Waals surface area contributed by atoms with E-state index in [4.69, 9.17) is 4.74 Å². The van der Waals surface area contributed by atoms with E-state index in [1.807, 2.05) is 0 Å². The lowest BCUT2D eigenvalue weighted by molar-refractivity contribution is -0.146. The van der Waals surface area contributed by atoms with Gasteiger partial charge in [0.2, 0.25) is 0 Å². The molecule has 1 fully saturated rings. The summed E-state index contributed by atoms with van der Waals surface area (Å²) in [6.07, 6.45) is 0.878. The molecule has 3 heteroatoms. The van der Waals surface area contributed by atoms with Crippen LogP contribution in [0, 0.1) is 12.8 Å². The highest BCUT2D eigenvalue weighted by atomic mass is 16.5. The standard InChI is InChI=1S/C14H19NO2/c1-10-3-5-11(6-4-10)12-7-13(9-15-8-12)14(16)17-2/h3-6,12-13,15H,7-9H2,1-2H3/t12-,13+/m0/s1. The first-order chi connectivity index (χ1) is 8.20. The number of nitrogens with one attached hydrogen (secondary N) is 1. The number of carbonyl (C=O) groups excluding carboxylic acids is 1. The van der Waals surface area contributed by atoms with Gasteiger partial charge in [-0.15, -0.1) is 0 Å². The number of ether oxygens (including phenoxy) is 1. The van der Waals surface area contributed by atoms with Crippen molar-refractivity contribution in [2.45, 2.75) is 19.3 Å². The molecule has 0 amide bonds. The van der Waals surface area contributed by atoms with E-state index >= 15 is 0 Å². The van der Waals surface area contributed by atoms with Gasteiger partial charge >= 0.3 is 5.97 Å². The normalized spacial score (nSPS) is 24.4. The number of hydrogen-bond donors (Lipinski definition) is 1. The van der Waals surface area contributed by atoms with Crippen LogP contribution < -0.4 is 5.32 Å². The Morgan fingerprint density at radius 2 is 2.00 bits per heavy atom. The second-order valence-corrected chi connectivity index (χ2v) is 4.72. The lowest BCUT2D eigenvalue weighted by atomic mass is 9.85. The fraction of sp³-hybridized carbons (Fsp3) is 0.500. The molecule has 2 rings (SSSR count). The predicted octanol–water partition coefficient (Wildman–Crippen LogP) is 1.86. The van der Waals surface area contributed by atoms with Gasteiger partial charge in [-0.05, 0) is 24.8 Å². The molecule has 1 aliphatic heterocycles. The molecule has 1 aromatic carbocycles. The van der Waals surface area contributed by atoms with Crippen molar-refractivity contribution in [3.05, 3.63) is 35.4 Å². The number of hydrogen-bond acceptors (Lipinski definition) is 3. The Labute approximate surface area is 102 Å². The first-order valence-corrected chi connectivity index (χ1v) is 6.06. The zero-order chi connectivity index (χ0) is 12.3. The highest BCUT2D eigenvalue weighted by Crippen LogP contribution is 2.27. The summed E-state index contributed by atoms with van der Waals surface area (Å²) in [6, 6.07) is 8.55. The number of rotatable bonds is 2. The van der Waals surface area contributed by atoms with Gasteiger partial charge < -0.3 is 10.1 Å². The summed E-state index contributed by atoms with van der Waals surface area (Å²) in [5.41, 5.74) is 2.57. The molecule has 1 aromatic rings. The summed E-state index contributed by atoms with van der Waals surface area (Å²) in [7, 11) is 1.46. The van der Waals surface area contributed by atoms with E-state index in [1.54, 1.807) is 0 Å².